The zero-order valence-corrected chi connectivity index (χ0v) is 22.1. The van der Waals surface area contributed by atoms with Crippen LogP contribution in [0.2, 0.25) is 0 Å². The van der Waals surface area contributed by atoms with E-state index in [4.69, 9.17) is 0 Å². The fraction of sp³-hybridized carbons (Fsp3) is 0.393. The summed E-state index contributed by atoms with van der Waals surface area (Å²) in [6, 6.07) is 18.0. The summed E-state index contributed by atoms with van der Waals surface area (Å²) in [7, 11) is -3.58. The van der Waals surface area contributed by atoms with E-state index in [1.165, 1.54) is 15.8 Å². The highest BCUT2D eigenvalue weighted by Crippen LogP contribution is 2.32. The van der Waals surface area contributed by atoms with Crippen molar-refractivity contribution >= 4 is 48.0 Å². The summed E-state index contributed by atoms with van der Waals surface area (Å²) in [4.78, 5) is 9.75. The van der Waals surface area contributed by atoms with Crippen molar-refractivity contribution in [1.82, 2.24) is 14.2 Å². The monoisotopic (exact) mass is 520 g/mol. The number of rotatable bonds is 6. The number of anilines is 1. The third-order valence-corrected chi connectivity index (χ3v) is 10.6. The fourth-order valence-corrected chi connectivity index (χ4v) is 8.54. The molecule has 4 aromatic rings. The average molecular weight is 521 g/mol. The molecule has 8 heteroatoms. The molecule has 1 atom stereocenters. The number of piperazine rings is 1. The van der Waals surface area contributed by atoms with Gasteiger partial charge < -0.3 is 4.90 Å². The molecule has 2 aromatic heterocycles. The van der Waals surface area contributed by atoms with Gasteiger partial charge in [-0.05, 0) is 73.7 Å². The van der Waals surface area contributed by atoms with Crippen molar-refractivity contribution in [1.29, 1.82) is 0 Å². The van der Waals surface area contributed by atoms with Gasteiger partial charge in [-0.25, -0.2) is 8.42 Å². The molecule has 36 heavy (non-hydrogen) atoms. The minimum absolute atomic E-state index is 0.0493. The minimum atomic E-state index is -3.58. The number of hydrogen-bond acceptors (Lipinski definition) is 6. The van der Waals surface area contributed by atoms with E-state index >= 15 is 0 Å². The van der Waals surface area contributed by atoms with Crippen LogP contribution in [0.4, 0.5) is 5.69 Å². The molecule has 4 heterocycles. The molecular weight excluding hydrogens is 488 g/mol. The van der Waals surface area contributed by atoms with Crippen molar-refractivity contribution < 1.29 is 8.42 Å². The highest BCUT2D eigenvalue weighted by molar-refractivity contribution is 7.89. The van der Waals surface area contributed by atoms with Crippen LogP contribution in [0, 0.1) is 0 Å². The first kappa shape index (κ1) is 23.9. The lowest BCUT2D eigenvalue weighted by molar-refractivity contribution is 0.193. The molecule has 0 aliphatic carbocycles. The fourth-order valence-electron chi connectivity index (χ4n) is 5.80. The summed E-state index contributed by atoms with van der Waals surface area (Å²) in [6.07, 6.45) is 5.53. The van der Waals surface area contributed by atoms with E-state index in [0.29, 0.717) is 16.8 Å². The van der Waals surface area contributed by atoms with Crippen LogP contribution in [-0.4, -0.2) is 67.9 Å². The molecule has 0 bridgehead atoms. The van der Waals surface area contributed by atoms with Crippen LogP contribution in [0.5, 0.6) is 0 Å². The molecule has 2 fully saturated rings. The molecule has 0 saturated carbocycles. The number of piperidine rings is 1. The Kier molecular flexibility index (Phi) is 6.69. The Morgan fingerprint density at radius 1 is 0.889 bits per heavy atom. The van der Waals surface area contributed by atoms with E-state index in [1.807, 2.05) is 18.2 Å². The topological polar surface area (TPSA) is 56.8 Å². The van der Waals surface area contributed by atoms with Crippen molar-refractivity contribution in [3.8, 4) is 0 Å². The lowest BCUT2D eigenvalue weighted by atomic mass is 10.0. The molecule has 188 valence electrons. The van der Waals surface area contributed by atoms with Gasteiger partial charge in [0.2, 0.25) is 10.0 Å². The number of aromatic nitrogens is 1. The van der Waals surface area contributed by atoms with Crippen LogP contribution in [0.3, 0.4) is 0 Å². The number of nitrogens with zero attached hydrogens (tertiary/aromatic N) is 4. The first-order valence-electron chi connectivity index (χ1n) is 12.9. The lowest BCUT2D eigenvalue weighted by Gasteiger charge is -2.39. The largest absolute Gasteiger partial charge is 0.368 e. The molecule has 0 spiro atoms. The summed E-state index contributed by atoms with van der Waals surface area (Å²) in [6.45, 7) is 5.56. The Labute approximate surface area is 217 Å². The van der Waals surface area contributed by atoms with Crippen LogP contribution in [0.1, 0.15) is 25.7 Å². The van der Waals surface area contributed by atoms with Crippen LogP contribution >= 0.6 is 11.3 Å². The number of hydrogen-bond donors (Lipinski definition) is 0. The minimum Gasteiger partial charge on any atom is -0.368 e. The second-order valence-electron chi connectivity index (χ2n) is 9.82. The Hall–Kier alpha value is -2.52. The Balaban J connectivity index is 1.13. The third-order valence-electron chi connectivity index (χ3n) is 7.73. The third kappa shape index (κ3) is 4.52. The summed E-state index contributed by atoms with van der Waals surface area (Å²) in [5, 5.41) is 4.23. The van der Waals surface area contributed by atoms with Gasteiger partial charge in [0.05, 0.1) is 10.4 Å². The predicted octanol–water partition coefficient (Wildman–Crippen LogP) is 5.21. The van der Waals surface area contributed by atoms with Gasteiger partial charge >= 0.3 is 0 Å². The maximum atomic E-state index is 13.8. The number of benzene rings is 2. The molecule has 6 rings (SSSR count). The Morgan fingerprint density at radius 2 is 1.75 bits per heavy atom. The van der Waals surface area contributed by atoms with E-state index < -0.39 is 10.0 Å². The molecule has 2 aromatic carbocycles. The zero-order valence-electron chi connectivity index (χ0n) is 20.4. The van der Waals surface area contributed by atoms with Crippen molar-refractivity contribution in [2.75, 3.05) is 44.2 Å². The molecule has 2 aliphatic rings. The van der Waals surface area contributed by atoms with Gasteiger partial charge in [-0.2, -0.15) is 4.31 Å². The highest BCUT2D eigenvalue weighted by Gasteiger charge is 2.34. The standard InChI is InChI=1S/C28H32N4O2S2/c33-36(34,28-11-3-8-25-23(28)7-5-14-29-25)32-15-2-1-6-22(32)12-16-30-17-19-31(20-18-30)26-9-4-10-27-24(26)13-21-35-27/h3-5,7-11,13-14,21-22H,1-2,6,12,15-20H2/t22-/m1/s1. The normalized spacial score (nSPS) is 20.3. The second-order valence-corrected chi connectivity index (χ2v) is 12.6. The molecule has 6 nitrogen and oxygen atoms in total. The van der Waals surface area contributed by atoms with Crippen LogP contribution in [0.25, 0.3) is 21.0 Å². The number of sulfonamides is 1. The van der Waals surface area contributed by atoms with Crippen LogP contribution < -0.4 is 4.90 Å². The van der Waals surface area contributed by atoms with E-state index in [9.17, 15) is 8.42 Å². The van der Waals surface area contributed by atoms with Gasteiger partial charge in [-0.1, -0.05) is 18.6 Å². The van der Waals surface area contributed by atoms with Gasteiger partial charge in [0.15, 0.2) is 0 Å². The molecule has 2 saturated heterocycles. The number of thiophene rings is 1. The molecule has 2 aliphatic heterocycles. The SMILES string of the molecule is O=S(=O)(c1cccc2ncccc12)N1CCCC[C@@H]1CCN1CCN(c2cccc3sccc23)CC1. The van der Waals surface area contributed by atoms with Crippen molar-refractivity contribution in [3.05, 3.63) is 66.2 Å². The summed E-state index contributed by atoms with van der Waals surface area (Å²) in [5.74, 6) is 0. The highest BCUT2D eigenvalue weighted by atomic mass is 32.2. The van der Waals surface area contributed by atoms with Crippen molar-refractivity contribution in [3.63, 3.8) is 0 Å². The zero-order chi connectivity index (χ0) is 24.5. The second kappa shape index (κ2) is 10.1. The molecule has 0 unspecified atom stereocenters. The van der Waals surface area contributed by atoms with Gasteiger partial charge in [0, 0.05) is 66.1 Å². The number of fused-ring (bicyclic) bond motifs is 2. The van der Waals surface area contributed by atoms with Gasteiger partial charge in [-0.3, -0.25) is 9.88 Å². The predicted molar refractivity (Wildman–Crippen MR) is 148 cm³/mol. The smallest absolute Gasteiger partial charge is 0.243 e. The van der Waals surface area contributed by atoms with E-state index in [2.05, 4.69) is 44.4 Å². The van der Waals surface area contributed by atoms with E-state index in [0.717, 1.165) is 63.9 Å². The number of pyridine rings is 1. The van der Waals surface area contributed by atoms with Gasteiger partial charge in [0.25, 0.3) is 0 Å². The van der Waals surface area contributed by atoms with Gasteiger partial charge in [0.1, 0.15) is 0 Å². The van der Waals surface area contributed by atoms with Crippen molar-refractivity contribution in [2.45, 2.75) is 36.6 Å². The summed E-state index contributed by atoms with van der Waals surface area (Å²) < 4.78 is 30.8. The molecule has 0 N–H and O–H groups in total. The molecule has 0 amide bonds. The molecule has 0 radical (unpaired) electrons. The van der Waals surface area contributed by atoms with Gasteiger partial charge in [-0.15, -0.1) is 11.3 Å². The average Bonchev–Trinajstić information content (AvgIpc) is 3.41. The first-order valence-corrected chi connectivity index (χ1v) is 15.2. The quantitative estimate of drug-likeness (QED) is 0.350. The Morgan fingerprint density at radius 3 is 2.64 bits per heavy atom. The van der Waals surface area contributed by atoms with E-state index in [1.54, 1.807) is 34.0 Å². The Bertz CT molecular complexity index is 1460. The maximum Gasteiger partial charge on any atom is 0.243 e. The summed E-state index contributed by atoms with van der Waals surface area (Å²) >= 11 is 1.80. The first-order chi connectivity index (χ1) is 17.6. The summed E-state index contributed by atoms with van der Waals surface area (Å²) in [5.41, 5.74) is 2.06. The van der Waals surface area contributed by atoms with Crippen LogP contribution in [-0.2, 0) is 10.0 Å². The molecular formula is C28H32N4O2S2. The van der Waals surface area contributed by atoms with E-state index in [-0.39, 0.29) is 6.04 Å². The lowest BCUT2D eigenvalue weighted by Crippen LogP contribution is -2.49. The van der Waals surface area contributed by atoms with Crippen LogP contribution in [0.15, 0.2) is 71.1 Å². The maximum absolute atomic E-state index is 13.8. The van der Waals surface area contributed by atoms with Crippen molar-refractivity contribution in [2.24, 2.45) is 0 Å².